The maximum atomic E-state index is 11.5. The van der Waals surface area contributed by atoms with E-state index in [2.05, 4.69) is 4.90 Å². The summed E-state index contributed by atoms with van der Waals surface area (Å²) >= 11 is 0. The maximum Gasteiger partial charge on any atom is 0.307 e. The smallest absolute Gasteiger partial charge is 0.307 e. The van der Waals surface area contributed by atoms with Gasteiger partial charge in [0.1, 0.15) is 6.61 Å². The molecule has 0 aromatic rings. The van der Waals surface area contributed by atoms with Crippen molar-refractivity contribution in [3.05, 3.63) is 0 Å². The van der Waals surface area contributed by atoms with Crippen LogP contribution in [0.5, 0.6) is 0 Å². The summed E-state index contributed by atoms with van der Waals surface area (Å²) in [7, 11) is 0. The van der Waals surface area contributed by atoms with E-state index in [9.17, 15) is 4.79 Å². The van der Waals surface area contributed by atoms with Crippen LogP contribution in [0.15, 0.2) is 0 Å². The van der Waals surface area contributed by atoms with Crippen LogP contribution in [0.3, 0.4) is 0 Å². The zero-order valence-electron chi connectivity index (χ0n) is 9.82. The molecular formula is C12H21NO3. The average Bonchev–Trinajstić information content (AvgIpc) is 2.96. The third-order valence-electron chi connectivity index (χ3n) is 3.29. The number of carbonyl (C=O) groups is 1. The fourth-order valence-corrected chi connectivity index (χ4v) is 2.29. The lowest BCUT2D eigenvalue weighted by atomic mass is 10.2. The second-order valence-electron chi connectivity index (χ2n) is 4.62. The van der Waals surface area contributed by atoms with Crippen LogP contribution in [0, 0.1) is 0 Å². The molecule has 0 saturated carbocycles. The van der Waals surface area contributed by atoms with Gasteiger partial charge >= 0.3 is 5.97 Å². The third-order valence-corrected chi connectivity index (χ3v) is 3.29. The molecule has 16 heavy (non-hydrogen) atoms. The van der Waals surface area contributed by atoms with Gasteiger partial charge in [-0.1, -0.05) is 0 Å². The van der Waals surface area contributed by atoms with Crippen molar-refractivity contribution in [2.24, 2.45) is 0 Å². The van der Waals surface area contributed by atoms with E-state index >= 15 is 0 Å². The number of esters is 1. The molecule has 0 aliphatic carbocycles. The number of hydrogen-bond donors (Lipinski definition) is 0. The molecule has 2 heterocycles. The molecule has 0 N–H and O–H groups in total. The highest BCUT2D eigenvalue weighted by molar-refractivity contribution is 5.69. The first-order valence-corrected chi connectivity index (χ1v) is 6.34. The van der Waals surface area contributed by atoms with Crippen LogP contribution in [0.4, 0.5) is 0 Å². The van der Waals surface area contributed by atoms with Gasteiger partial charge in [0, 0.05) is 13.2 Å². The Bertz CT molecular complexity index is 198. The molecule has 0 aromatic carbocycles. The highest BCUT2D eigenvalue weighted by atomic mass is 16.6. The summed E-state index contributed by atoms with van der Waals surface area (Å²) in [5, 5.41) is 0. The van der Waals surface area contributed by atoms with Crippen LogP contribution in [0.2, 0.25) is 0 Å². The lowest BCUT2D eigenvalue weighted by Gasteiger charge is -2.14. The average molecular weight is 227 g/mol. The molecule has 4 nitrogen and oxygen atoms in total. The summed E-state index contributed by atoms with van der Waals surface area (Å²) in [4.78, 5) is 13.8. The zero-order valence-corrected chi connectivity index (χ0v) is 9.82. The Hall–Kier alpha value is -0.610. The standard InChI is InChI=1S/C12H21NO3/c14-12(5-8-13-6-1-2-7-13)16-10-11-4-3-9-15-11/h11H,1-10H2. The van der Waals surface area contributed by atoms with E-state index in [0.29, 0.717) is 13.0 Å². The van der Waals surface area contributed by atoms with Gasteiger partial charge in [0.05, 0.1) is 12.5 Å². The van der Waals surface area contributed by atoms with E-state index in [-0.39, 0.29) is 12.1 Å². The molecule has 2 saturated heterocycles. The molecule has 2 aliphatic rings. The lowest BCUT2D eigenvalue weighted by molar-refractivity contribution is -0.147. The van der Waals surface area contributed by atoms with Gasteiger partial charge < -0.3 is 14.4 Å². The highest BCUT2D eigenvalue weighted by Gasteiger charge is 2.18. The quantitative estimate of drug-likeness (QED) is 0.661. The Morgan fingerprint density at radius 2 is 2.12 bits per heavy atom. The summed E-state index contributed by atoms with van der Waals surface area (Å²) in [6.07, 6.45) is 5.33. The predicted molar refractivity (Wildman–Crippen MR) is 60.2 cm³/mol. The molecule has 2 rings (SSSR count). The fraction of sp³-hybridized carbons (Fsp3) is 0.917. The Morgan fingerprint density at radius 3 is 2.81 bits per heavy atom. The summed E-state index contributed by atoms with van der Waals surface area (Å²) in [5.41, 5.74) is 0. The largest absolute Gasteiger partial charge is 0.463 e. The van der Waals surface area contributed by atoms with E-state index in [0.717, 1.165) is 39.1 Å². The molecule has 0 bridgehead atoms. The van der Waals surface area contributed by atoms with Crippen LogP contribution >= 0.6 is 0 Å². The van der Waals surface area contributed by atoms with E-state index in [1.807, 2.05) is 0 Å². The number of hydrogen-bond acceptors (Lipinski definition) is 4. The van der Waals surface area contributed by atoms with Gasteiger partial charge in [0.2, 0.25) is 0 Å². The van der Waals surface area contributed by atoms with Crippen molar-refractivity contribution >= 4 is 5.97 Å². The second-order valence-corrected chi connectivity index (χ2v) is 4.62. The third kappa shape index (κ3) is 3.76. The van der Waals surface area contributed by atoms with Crippen molar-refractivity contribution in [2.45, 2.75) is 38.2 Å². The maximum absolute atomic E-state index is 11.5. The van der Waals surface area contributed by atoms with Crippen LogP contribution in [-0.2, 0) is 14.3 Å². The zero-order chi connectivity index (χ0) is 11.2. The number of nitrogens with zero attached hydrogens (tertiary/aromatic N) is 1. The van der Waals surface area contributed by atoms with Crippen LogP contribution in [0.25, 0.3) is 0 Å². The van der Waals surface area contributed by atoms with Crippen molar-refractivity contribution in [1.82, 2.24) is 4.90 Å². The van der Waals surface area contributed by atoms with Gasteiger partial charge in [-0.2, -0.15) is 0 Å². The summed E-state index contributed by atoms with van der Waals surface area (Å²) in [6, 6.07) is 0. The molecule has 2 fully saturated rings. The molecule has 92 valence electrons. The van der Waals surface area contributed by atoms with E-state index < -0.39 is 0 Å². The molecule has 0 aromatic heterocycles. The summed E-state index contributed by atoms with van der Waals surface area (Å²) < 4.78 is 10.6. The highest BCUT2D eigenvalue weighted by Crippen LogP contribution is 2.12. The van der Waals surface area contributed by atoms with Gasteiger partial charge in [-0.3, -0.25) is 4.79 Å². The number of likely N-dealkylation sites (tertiary alicyclic amines) is 1. The van der Waals surface area contributed by atoms with E-state index in [4.69, 9.17) is 9.47 Å². The Morgan fingerprint density at radius 1 is 1.31 bits per heavy atom. The van der Waals surface area contributed by atoms with E-state index in [1.54, 1.807) is 0 Å². The minimum Gasteiger partial charge on any atom is -0.463 e. The number of ether oxygens (including phenoxy) is 2. The summed E-state index contributed by atoms with van der Waals surface area (Å²) in [6.45, 7) is 4.39. The van der Waals surface area contributed by atoms with Crippen molar-refractivity contribution in [3.8, 4) is 0 Å². The fourth-order valence-electron chi connectivity index (χ4n) is 2.29. The van der Waals surface area contributed by atoms with Crippen LogP contribution in [0.1, 0.15) is 32.1 Å². The second kappa shape index (κ2) is 6.21. The minimum absolute atomic E-state index is 0.0811. The summed E-state index contributed by atoms with van der Waals surface area (Å²) in [5.74, 6) is -0.0811. The Kier molecular flexibility index (Phi) is 4.60. The number of rotatable bonds is 5. The van der Waals surface area contributed by atoms with Gasteiger partial charge in [0.25, 0.3) is 0 Å². The van der Waals surface area contributed by atoms with Crippen molar-refractivity contribution < 1.29 is 14.3 Å². The predicted octanol–water partition coefficient (Wildman–Crippen LogP) is 1.19. The normalized spacial score (nSPS) is 26.1. The van der Waals surface area contributed by atoms with Crippen LogP contribution in [-0.4, -0.2) is 49.8 Å². The molecule has 0 spiro atoms. The first-order valence-electron chi connectivity index (χ1n) is 6.34. The van der Waals surface area contributed by atoms with Gasteiger partial charge in [-0.05, 0) is 38.8 Å². The molecule has 1 atom stereocenters. The van der Waals surface area contributed by atoms with Crippen molar-refractivity contribution in [1.29, 1.82) is 0 Å². The number of carbonyl (C=O) groups excluding carboxylic acids is 1. The molecule has 1 unspecified atom stereocenters. The molecule has 2 aliphatic heterocycles. The molecular weight excluding hydrogens is 206 g/mol. The van der Waals surface area contributed by atoms with Gasteiger partial charge in [0.15, 0.2) is 0 Å². The van der Waals surface area contributed by atoms with Crippen molar-refractivity contribution in [2.75, 3.05) is 32.8 Å². The van der Waals surface area contributed by atoms with E-state index in [1.165, 1.54) is 12.8 Å². The first-order chi connectivity index (χ1) is 7.84. The first kappa shape index (κ1) is 11.9. The SMILES string of the molecule is O=C(CCN1CCCC1)OCC1CCCO1. The van der Waals surface area contributed by atoms with Crippen molar-refractivity contribution in [3.63, 3.8) is 0 Å². The lowest BCUT2D eigenvalue weighted by Crippen LogP contribution is -2.25. The Labute approximate surface area is 96.9 Å². The van der Waals surface area contributed by atoms with Gasteiger partial charge in [-0.25, -0.2) is 0 Å². The Balaban J connectivity index is 1.53. The topological polar surface area (TPSA) is 38.8 Å². The monoisotopic (exact) mass is 227 g/mol. The molecule has 0 amide bonds. The molecule has 0 radical (unpaired) electrons. The molecule has 4 heteroatoms. The van der Waals surface area contributed by atoms with Crippen LogP contribution < -0.4 is 0 Å². The minimum atomic E-state index is -0.0811. The van der Waals surface area contributed by atoms with Gasteiger partial charge in [-0.15, -0.1) is 0 Å².